The van der Waals surface area contributed by atoms with E-state index in [-0.39, 0.29) is 5.91 Å². The molecule has 7 heteroatoms. The molecular weight excluding hydrogens is 342 g/mol. The highest BCUT2D eigenvalue weighted by atomic mass is 16.5. The van der Waals surface area contributed by atoms with Crippen molar-refractivity contribution in [1.29, 1.82) is 0 Å². The van der Waals surface area contributed by atoms with Gasteiger partial charge in [-0.2, -0.15) is 0 Å². The largest absolute Gasteiger partial charge is 0.493 e. The molecule has 1 aromatic carbocycles. The van der Waals surface area contributed by atoms with Crippen molar-refractivity contribution in [3.63, 3.8) is 0 Å². The van der Waals surface area contributed by atoms with Crippen LogP contribution >= 0.6 is 0 Å². The summed E-state index contributed by atoms with van der Waals surface area (Å²) in [6.45, 7) is 8.94. The van der Waals surface area contributed by atoms with Crippen LogP contribution in [0.5, 0.6) is 5.75 Å². The van der Waals surface area contributed by atoms with Crippen molar-refractivity contribution >= 4 is 11.6 Å². The molecule has 1 fully saturated rings. The number of ether oxygens (including phenoxy) is 1. The number of nitrogens with zero attached hydrogens (tertiary/aromatic N) is 3. The molecule has 1 aliphatic rings. The predicted molar refractivity (Wildman–Crippen MR) is 105 cm³/mol. The Labute approximate surface area is 160 Å². The van der Waals surface area contributed by atoms with Gasteiger partial charge in [-0.3, -0.25) is 4.79 Å². The third-order valence-electron chi connectivity index (χ3n) is 4.82. The molecule has 2 heterocycles. The number of carbonyl (C=O) groups excluding carboxylic acids is 1. The highest BCUT2D eigenvalue weighted by Gasteiger charge is 2.19. The molecule has 1 aliphatic heterocycles. The number of amides is 1. The van der Waals surface area contributed by atoms with E-state index >= 15 is 0 Å². The Morgan fingerprint density at radius 2 is 2.15 bits per heavy atom. The van der Waals surface area contributed by atoms with Gasteiger partial charge in [0.15, 0.2) is 5.69 Å². The number of rotatable bonds is 7. The second-order valence-electron chi connectivity index (χ2n) is 7.53. The molecule has 0 saturated carbocycles. The lowest BCUT2D eigenvalue weighted by Crippen LogP contribution is -2.29. The number of carbonyl (C=O) groups is 1. The molecule has 1 aromatic heterocycles. The Bertz CT molecular complexity index is 765. The van der Waals surface area contributed by atoms with E-state index in [1.165, 1.54) is 0 Å². The predicted octanol–water partition coefficient (Wildman–Crippen LogP) is 3.19. The quantitative estimate of drug-likeness (QED) is 0.781. The minimum atomic E-state index is -0.257. The van der Waals surface area contributed by atoms with Gasteiger partial charge in [-0.1, -0.05) is 25.1 Å². The summed E-state index contributed by atoms with van der Waals surface area (Å²) in [5, 5.41) is 14.4. The van der Waals surface area contributed by atoms with Gasteiger partial charge in [0.05, 0.1) is 18.8 Å². The van der Waals surface area contributed by atoms with Gasteiger partial charge in [0.25, 0.3) is 5.91 Å². The average Bonchev–Trinajstić information content (AvgIpc) is 3.15. The van der Waals surface area contributed by atoms with Gasteiger partial charge in [0.1, 0.15) is 5.75 Å². The van der Waals surface area contributed by atoms with Crippen LogP contribution in [0.4, 0.5) is 5.69 Å². The number of aromatic nitrogens is 3. The maximum atomic E-state index is 12.5. The molecule has 0 spiro atoms. The van der Waals surface area contributed by atoms with Crippen LogP contribution < -0.4 is 15.4 Å². The zero-order valence-electron chi connectivity index (χ0n) is 16.4. The van der Waals surface area contributed by atoms with Crippen LogP contribution in [0.1, 0.15) is 55.2 Å². The van der Waals surface area contributed by atoms with Gasteiger partial charge in [-0.05, 0) is 56.8 Å². The standard InChI is InChI=1S/C20H29N5O2/c1-14(2)8-11-27-19-12-16(5-4-15(19)3)22-20(26)18-13-25(24-23-18)17-6-9-21-10-7-17/h4-5,12-14,17,21H,6-11H2,1-3H3,(H,22,26). The summed E-state index contributed by atoms with van der Waals surface area (Å²) in [4.78, 5) is 12.5. The van der Waals surface area contributed by atoms with E-state index in [4.69, 9.17) is 4.74 Å². The fourth-order valence-electron chi connectivity index (χ4n) is 3.06. The molecule has 0 bridgehead atoms. The number of hydrogen-bond acceptors (Lipinski definition) is 5. The van der Waals surface area contributed by atoms with E-state index in [1.807, 2.05) is 29.8 Å². The first-order chi connectivity index (χ1) is 13.0. The van der Waals surface area contributed by atoms with Crippen molar-refractivity contribution in [3.05, 3.63) is 35.7 Å². The summed E-state index contributed by atoms with van der Waals surface area (Å²) in [5.41, 5.74) is 2.08. The molecule has 7 nitrogen and oxygen atoms in total. The summed E-state index contributed by atoms with van der Waals surface area (Å²) in [6, 6.07) is 6.00. The first kappa shape index (κ1) is 19.4. The summed E-state index contributed by atoms with van der Waals surface area (Å²) in [7, 11) is 0. The van der Waals surface area contributed by atoms with Crippen molar-refractivity contribution in [3.8, 4) is 5.75 Å². The molecule has 0 atom stereocenters. The Morgan fingerprint density at radius 1 is 1.37 bits per heavy atom. The molecule has 146 valence electrons. The van der Waals surface area contributed by atoms with Crippen LogP contribution in [0, 0.1) is 12.8 Å². The summed E-state index contributed by atoms with van der Waals surface area (Å²) >= 11 is 0. The van der Waals surface area contributed by atoms with E-state index in [9.17, 15) is 4.79 Å². The van der Waals surface area contributed by atoms with Crippen molar-refractivity contribution < 1.29 is 9.53 Å². The third kappa shape index (κ3) is 5.29. The van der Waals surface area contributed by atoms with Crippen LogP contribution in [0.25, 0.3) is 0 Å². The summed E-state index contributed by atoms with van der Waals surface area (Å²) in [5.74, 6) is 1.13. The van der Waals surface area contributed by atoms with Crippen molar-refractivity contribution in [2.45, 2.75) is 46.1 Å². The summed E-state index contributed by atoms with van der Waals surface area (Å²) in [6.07, 6.45) is 4.73. The average molecular weight is 371 g/mol. The van der Waals surface area contributed by atoms with Gasteiger partial charge < -0.3 is 15.4 Å². The number of hydrogen-bond donors (Lipinski definition) is 2. The second-order valence-corrected chi connectivity index (χ2v) is 7.53. The SMILES string of the molecule is Cc1ccc(NC(=O)c2cn(C3CCNCC3)nn2)cc1OCCC(C)C. The lowest BCUT2D eigenvalue weighted by Gasteiger charge is -2.22. The topological polar surface area (TPSA) is 81.1 Å². The van der Waals surface area contributed by atoms with Gasteiger partial charge in [-0.25, -0.2) is 4.68 Å². The van der Waals surface area contributed by atoms with E-state index in [2.05, 4.69) is 34.8 Å². The van der Waals surface area contributed by atoms with Crippen molar-refractivity contribution in [1.82, 2.24) is 20.3 Å². The van der Waals surface area contributed by atoms with E-state index < -0.39 is 0 Å². The van der Waals surface area contributed by atoms with Crippen molar-refractivity contribution in [2.24, 2.45) is 5.92 Å². The molecule has 0 radical (unpaired) electrons. The van der Waals surface area contributed by atoms with Gasteiger partial charge in [0, 0.05) is 11.8 Å². The molecule has 2 N–H and O–H groups in total. The molecule has 27 heavy (non-hydrogen) atoms. The molecule has 1 amide bonds. The molecular formula is C20H29N5O2. The van der Waals surface area contributed by atoms with Crippen LogP contribution in [-0.4, -0.2) is 40.6 Å². The number of benzene rings is 1. The number of anilines is 1. The molecule has 0 aliphatic carbocycles. The smallest absolute Gasteiger partial charge is 0.277 e. The minimum Gasteiger partial charge on any atom is -0.493 e. The maximum Gasteiger partial charge on any atom is 0.277 e. The Balaban J connectivity index is 1.62. The van der Waals surface area contributed by atoms with Gasteiger partial charge >= 0.3 is 0 Å². The van der Waals surface area contributed by atoms with Crippen molar-refractivity contribution in [2.75, 3.05) is 25.0 Å². The molecule has 2 aromatic rings. The van der Waals surface area contributed by atoms with E-state index in [1.54, 1.807) is 6.20 Å². The minimum absolute atomic E-state index is 0.257. The lowest BCUT2D eigenvalue weighted by molar-refractivity contribution is 0.102. The monoisotopic (exact) mass is 371 g/mol. The first-order valence-corrected chi connectivity index (χ1v) is 9.70. The number of piperidine rings is 1. The zero-order valence-corrected chi connectivity index (χ0v) is 16.4. The van der Waals surface area contributed by atoms with Crippen LogP contribution in [0.2, 0.25) is 0 Å². The van der Waals surface area contributed by atoms with E-state index in [0.717, 1.165) is 43.7 Å². The van der Waals surface area contributed by atoms with Crippen LogP contribution in [-0.2, 0) is 0 Å². The van der Waals surface area contributed by atoms with Gasteiger partial charge in [-0.15, -0.1) is 5.10 Å². The zero-order chi connectivity index (χ0) is 19.2. The molecule has 3 rings (SSSR count). The number of aryl methyl sites for hydroxylation is 1. The molecule has 0 unspecified atom stereocenters. The number of nitrogens with one attached hydrogen (secondary N) is 2. The highest BCUT2D eigenvalue weighted by Crippen LogP contribution is 2.24. The fourth-order valence-corrected chi connectivity index (χ4v) is 3.06. The summed E-state index contributed by atoms with van der Waals surface area (Å²) < 4.78 is 7.68. The van der Waals surface area contributed by atoms with Gasteiger partial charge in [0.2, 0.25) is 0 Å². The van der Waals surface area contributed by atoms with E-state index in [0.29, 0.717) is 29.9 Å². The third-order valence-corrected chi connectivity index (χ3v) is 4.82. The Hall–Kier alpha value is -2.41. The Morgan fingerprint density at radius 3 is 2.89 bits per heavy atom. The lowest BCUT2D eigenvalue weighted by atomic mass is 10.1. The fraction of sp³-hybridized carbons (Fsp3) is 0.550. The maximum absolute atomic E-state index is 12.5. The van der Waals surface area contributed by atoms with Crippen LogP contribution in [0.15, 0.2) is 24.4 Å². The van der Waals surface area contributed by atoms with Crippen LogP contribution in [0.3, 0.4) is 0 Å². The molecule has 1 saturated heterocycles. The first-order valence-electron chi connectivity index (χ1n) is 9.70. The second kappa shape index (κ2) is 8.99. The highest BCUT2D eigenvalue weighted by molar-refractivity contribution is 6.02. The Kier molecular flexibility index (Phi) is 6.45. The normalized spacial score (nSPS) is 15.1.